The van der Waals surface area contributed by atoms with Gasteiger partial charge < -0.3 is 20.3 Å². The maximum absolute atomic E-state index is 12.7. The summed E-state index contributed by atoms with van der Waals surface area (Å²) < 4.78 is 5.23. The second-order valence-corrected chi connectivity index (χ2v) is 7.76. The SMILES string of the molecule is CCOC(=O)C1=C(C[NH+]2CCSCC2)NC(=O)N[C@H]1c1cccc([N+](=O)[O-])c1. The van der Waals surface area contributed by atoms with Crippen LogP contribution >= 0.6 is 11.8 Å². The first-order valence-electron chi connectivity index (χ1n) is 9.13. The lowest BCUT2D eigenvalue weighted by molar-refractivity contribution is -0.891. The molecule has 2 aliphatic rings. The predicted molar refractivity (Wildman–Crippen MR) is 104 cm³/mol. The van der Waals surface area contributed by atoms with Gasteiger partial charge in [0.25, 0.3) is 5.69 Å². The van der Waals surface area contributed by atoms with Gasteiger partial charge in [-0.15, -0.1) is 0 Å². The van der Waals surface area contributed by atoms with Crippen LogP contribution in [0.5, 0.6) is 0 Å². The number of non-ortho nitro benzene ring substituents is 1. The summed E-state index contributed by atoms with van der Waals surface area (Å²) in [6, 6.07) is 4.70. The van der Waals surface area contributed by atoms with Gasteiger partial charge in [-0.2, -0.15) is 11.8 Å². The van der Waals surface area contributed by atoms with E-state index in [0.717, 1.165) is 24.6 Å². The van der Waals surface area contributed by atoms with Crippen molar-refractivity contribution < 1.29 is 24.1 Å². The molecule has 9 nitrogen and oxygen atoms in total. The molecule has 0 spiro atoms. The Morgan fingerprint density at radius 3 is 2.82 bits per heavy atom. The summed E-state index contributed by atoms with van der Waals surface area (Å²) in [5, 5.41) is 16.6. The zero-order chi connectivity index (χ0) is 20.1. The zero-order valence-corrected chi connectivity index (χ0v) is 16.3. The van der Waals surface area contributed by atoms with E-state index < -0.39 is 23.0 Å². The Bertz CT molecular complexity index is 807. The Kier molecular flexibility index (Phi) is 6.53. The molecule has 1 fully saturated rings. The highest BCUT2D eigenvalue weighted by atomic mass is 32.2. The normalized spacial score (nSPS) is 20.3. The number of quaternary nitrogens is 1. The van der Waals surface area contributed by atoms with Crippen molar-refractivity contribution >= 4 is 29.4 Å². The number of thioether (sulfide) groups is 1. The number of hydrogen-bond donors (Lipinski definition) is 3. The van der Waals surface area contributed by atoms with Gasteiger partial charge in [0.15, 0.2) is 0 Å². The van der Waals surface area contributed by atoms with Gasteiger partial charge in [0.2, 0.25) is 0 Å². The molecule has 3 N–H and O–H groups in total. The molecule has 1 saturated heterocycles. The van der Waals surface area contributed by atoms with Crippen LogP contribution in [-0.2, 0) is 9.53 Å². The molecule has 2 amide bonds. The molecule has 0 unspecified atom stereocenters. The Labute approximate surface area is 166 Å². The lowest BCUT2D eigenvalue weighted by atomic mass is 9.94. The number of urea groups is 1. The Balaban J connectivity index is 2.01. The molecule has 1 aromatic carbocycles. The molecule has 0 bridgehead atoms. The largest absolute Gasteiger partial charge is 0.463 e. The molecule has 1 atom stereocenters. The summed E-state index contributed by atoms with van der Waals surface area (Å²) in [5.41, 5.74) is 1.18. The number of esters is 1. The van der Waals surface area contributed by atoms with Crippen LogP contribution in [0.15, 0.2) is 35.5 Å². The van der Waals surface area contributed by atoms with Crippen molar-refractivity contribution in [1.82, 2.24) is 10.6 Å². The number of nitrogens with one attached hydrogen (secondary N) is 3. The number of nitro groups is 1. The lowest BCUT2D eigenvalue weighted by Gasteiger charge is -2.31. The number of nitro benzene ring substituents is 1. The highest BCUT2D eigenvalue weighted by Gasteiger charge is 2.36. The van der Waals surface area contributed by atoms with Crippen molar-refractivity contribution in [2.45, 2.75) is 13.0 Å². The molecule has 3 rings (SSSR count). The van der Waals surface area contributed by atoms with Crippen molar-refractivity contribution in [3.8, 4) is 0 Å². The van der Waals surface area contributed by atoms with Crippen molar-refractivity contribution in [2.75, 3.05) is 37.7 Å². The fraction of sp³-hybridized carbons (Fsp3) is 0.444. The fourth-order valence-electron chi connectivity index (χ4n) is 3.36. The van der Waals surface area contributed by atoms with Gasteiger partial charge in [-0.1, -0.05) is 12.1 Å². The van der Waals surface area contributed by atoms with Crippen molar-refractivity contribution in [1.29, 1.82) is 0 Å². The van der Waals surface area contributed by atoms with Crippen LogP contribution in [0.25, 0.3) is 0 Å². The average molecular weight is 407 g/mol. The number of benzene rings is 1. The first-order chi connectivity index (χ1) is 13.5. The van der Waals surface area contributed by atoms with Gasteiger partial charge in [-0.3, -0.25) is 10.1 Å². The average Bonchev–Trinajstić information content (AvgIpc) is 2.68. The van der Waals surface area contributed by atoms with Gasteiger partial charge >= 0.3 is 12.0 Å². The van der Waals surface area contributed by atoms with E-state index in [1.54, 1.807) is 13.0 Å². The summed E-state index contributed by atoms with van der Waals surface area (Å²) in [6.07, 6.45) is 0. The minimum atomic E-state index is -0.804. The summed E-state index contributed by atoms with van der Waals surface area (Å²) >= 11 is 1.89. The quantitative estimate of drug-likeness (QED) is 0.357. The highest BCUT2D eigenvalue weighted by molar-refractivity contribution is 7.99. The van der Waals surface area contributed by atoms with Crippen LogP contribution < -0.4 is 15.5 Å². The van der Waals surface area contributed by atoms with E-state index in [2.05, 4.69) is 10.6 Å². The van der Waals surface area contributed by atoms with Crippen LogP contribution in [0.2, 0.25) is 0 Å². The molecule has 0 aromatic heterocycles. The third-order valence-corrected chi connectivity index (χ3v) is 5.68. The van der Waals surface area contributed by atoms with E-state index in [9.17, 15) is 19.7 Å². The molecule has 0 aliphatic carbocycles. The van der Waals surface area contributed by atoms with Gasteiger partial charge in [0, 0.05) is 23.6 Å². The van der Waals surface area contributed by atoms with E-state index in [1.807, 2.05) is 11.8 Å². The van der Waals surface area contributed by atoms with E-state index in [-0.39, 0.29) is 12.3 Å². The number of carbonyl (C=O) groups excluding carboxylic acids is 2. The molecule has 150 valence electrons. The second kappa shape index (κ2) is 9.07. The summed E-state index contributed by atoms with van der Waals surface area (Å²) in [6.45, 7) is 4.28. The molecule has 10 heteroatoms. The number of ether oxygens (including phenoxy) is 1. The standard InChI is InChI=1S/C18H22N4O5S/c1-2-27-17(23)15-14(11-21-6-8-28-9-7-21)19-18(24)20-16(15)12-4-3-5-13(10-12)22(25)26/h3-5,10,16H,2,6-9,11H2,1H3,(H2,19,20,24)/p+1/t16-/m0/s1. The van der Waals surface area contributed by atoms with Gasteiger partial charge in [-0.05, 0) is 12.5 Å². The smallest absolute Gasteiger partial charge is 0.338 e. The van der Waals surface area contributed by atoms with Crippen LogP contribution in [0.3, 0.4) is 0 Å². The van der Waals surface area contributed by atoms with Crippen molar-refractivity contribution in [3.63, 3.8) is 0 Å². The van der Waals surface area contributed by atoms with Crippen molar-refractivity contribution in [2.24, 2.45) is 0 Å². The van der Waals surface area contributed by atoms with Crippen LogP contribution in [-0.4, -0.2) is 54.7 Å². The van der Waals surface area contributed by atoms with Crippen LogP contribution in [0.4, 0.5) is 10.5 Å². The molecule has 28 heavy (non-hydrogen) atoms. The first-order valence-corrected chi connectivity index (χ1v) is 10.3. The molecule has 2 heterocycles. The Morgan fingerprint density at radius 2 is 2.14 bits per heavy atom. The summed E-state index contributed by atoms with van der Waals surface area (Å²) in [5.74, 6) is 1.52. The van der Waals surface area contributed by atoms with Crippen molar-refractivity contribution in [3.05, 3.63) is 51.2 Å². The van der Waals surface area contributed by atoms with E-state index in [1.165, 1.54) is 23.1 Å². The van der Waals surface area contributed by atoms with E-state index >= 15 is 0 Å². The molecule has 0 radical (unpaired) electrons. The molecular weight excluding hydrogens is 384 g/mol. The topological polar surface area (TPSA) is 115 Å². The van der Waals surface area contributed by atoms with Gasteiger partial charge in [0.05, 0.1) is 41.9 Å². The lowest BCUT2D eigenvalue weighted by Crippen LogP contribution is -3.14. The predicted octanol–water partition coefficient (Wildman–Crippen LogP) is 0.398. The molecule has 1 aromatic rings. The highest BCUT2D eigenvalue weighted by Crippen LogP contribution is 2.29. The number of nitrogens with zero attached hydrogens (tertiary/aromatic N) is 1. The van der Waals surface area contributed by atoms with Crippen LogP contribution in [0, 0.1) is 10.1 Å². The number of amides is 2. The number of rotatable bonds is 6. The number of carbonyl (C=O) groups is 2. The van der Waals surface area contributed by atoms with Gasteiger partial charge in [-0.25, -0.2) is 9.59 Å². The summed E-state index contributed by atoms with van der Waals surface area (Å²) in [7, 11) is 0. The first kappa shape index (κ1) is 20.2. The third-order valence-electron chi connectivity index (χ3n) is 4.69. The minimum absolute atomic E-state index is 0.103. The summed E-state index contributed by atoms with van der Waals surface area (Å²) in [4.78, 5) is 36.9. The van der Waals surface area contributed by atoms with E-state index in [4.69, 9.17) is 4.74 Å². The maximum atomic E-state index is 12.7. The molecule has 2 aliphatic heterocycles. The molecule has 0 saturated carbocycles. The second-order valence-electron chi connectivity index (χ2n) is 6.54. The molecular formula is C18H23N4O5S+. The Morgan fingerprint density at radius 1 is 1.39 bits per heavy atom. The maximum Gasteiger partial charge on any atom is 0.338 e. The van der Waals surface area contributed by atoms with Gasteiger partial charge in [0.1, 0.15) is 6.54 Å². The van der Waals surface area contributed by atoms with Crippen LogP contribution in [0.1, 0.15) is 18.5 Å². The fourth-order valence-corrected chi connectivity index (χ4v) is 4.43. The monoisotopic (exact) mass is 407 g/mol. The zero-order valence-electron chi connectivity index (χ0n) is 15.5. The van der Waals surface area contributed by atoms with E-state index in [0.29, 0.717) is 23.4 Å². The Hall–Kier alpha value is -2.59. The minimum Gasteiger partial charge on any atom is -0.463 e. The number of hydrogen-bond acceptors (Lipinski definition) is 6. The third kappa shape index (κ3) is 4.63.